The summed E-state index contributed by atoms with van der Waals surface area (Å²) in [7, 11) is 0. The van der Waals surface area contributed by atoms with Crippen molar-refractivity contribution < 1.29 is 14.6 Å². The molecule has 1 heterocycles. The van der Waals surface area contributed by atoms with E-state index in [0.717, 1.165) is 36.6 Å². The number of anilines is 1. The molecule has 0 atom stereocenters. The van der Waals surface area contributed by atoms with E-state index in [9.17, 15) is 4.79 Å². The van der Waals surface area contributed by atoms with Gasteiger partial charge in [-0.2, -0.15) is 0 Å². The molecule has 2 rings (SSSR count). The molecule has 0 unspecified atom stereocenters. The molecule has 0 aliphatic heterocycles. The number of carbonyl (C=O) groups is 1. The van der Waals surface area contributed by atoms with E-state index in [1.165, 1.54) is 25.7 Å². The number of carboxylic acids is 1. The Bertz CT molecular complexity index is 691. The lowest BCUT2D eigenvalue weighted by Gasteiger charge is -2.24. The van der Waals surface area contributed by atoms with Crippen molar-refractivity contribution in [1.82, 2.24) is 4.98 Å². The molecular weight excluding hydrogens is 352 g/mol. The van der Waals surface area contributed by atoms with Crippen LogP contribution in [0.4, 0.5) is 5.82 Å². The highest BCUT2D eigenvalue weighted by atomic mass is 16.5. The third-order valence-corrected chi connectivity index (χ3v) is 4.66. The Morgan fingerprint density at radius 3 is 2.68 bits per heavy atom. The maximum Gasteiger partial charge on any atom is 0.303 e. The second kappa shape index (κ2) is 12.8. The van der Waals surface area contributed by atoms with Crippen LogP contribution >= 0.6 is 0 Å². The van der Waals surface area contributed by atoms with Crippen LogP contribution in [0.2, 0.25) is 0 Å². The molecule has 0 fully saturated rings. The molecule has 5 nitrogen and oxygen atoms in total. The largest absolute Gasteiger partial charge is 0.492 e. The van der Waals surface area contributed by atoms with Gasteiger partial charge < -0.3 is 14.7 Å². The van der Waals surface area contributed by atoms with Crippen LogP contribution in [0.15, 0.2) is 48.7 Å². The average Bonchev–Trinajstić information content (AvgIpc) is 2.72. The number of rotatable bonds is 14. The number of pyridine rings is 1. The van der Waals surface area contributed by atoms with E-state index >= 15 is 0 Å². The van der Waals surface area contributed by atoms with Crippen LogP contribution in [0.5, 0.6) is 5.75 Å². The highest BCUT2D eigenvalue weighted by Crippen LogP contribution is 2.16. The van der Waals surface area contributed by atoms with Gasteiger partial charge in [-0.3, -0.25) is 4.79 Å². The smallest absolute Gasteiger partial charge is 0.303 e. The highest BCUT2D eigenvalue weighted by Gasteiger charge is 2.08. The van der Waals surface area contributed by atoms with Gasteiger partial charge in [-0.15, -0.1) is 0 Å². The zero-order valence-electron chi connectivity index (χ0n) is 16.8. The second-order valence-electron chi connectivity index (χ2n) is 6.98. The molecule has 0 aliphatic rings. The van der Waals surface area contributed by atoms with Crippen LogP contribution in [0.25, 0.3) is 0 Å². The number of aryl methyl sites for hydroxylation is 1. The maximum atomic E-state index is 10.7. The van der Waals surface area contributed by atoms with Crippen LogP contribution < -0.4 is 9.64 Å². The monoisotopic (exact) mass is 384 g/mol. The van der Waals surface area contributed by atoms with Gasteiger partial charge in [-0.1, -0.05) is 50.8 Å². The van der Waals surface area contributed by atoms with Gasteiger partial charge in [0.15, 0.2) is 0 Å². The fourth-order valence-electron chi connectivity index (χ4n) is 3.10. The number of carboxylic acid groups (broad SMARTS) is 1. The normalized spacial score (nSPS) is 10.6. The molecule has 0 amide bonds. The summed E-state index contributed by atoms with van der Waals surface area (Å²) in [6, 6.07) is 13.7. The zero-order valence-corrected chi connectivity index (χ0v) is 16.8. The minimum Gasteiger partial charge on any atom is -0.492 e. The molecule has 1 N–H and O–H groups in total. The van der Waals surface area contributed by atoms with Crippen LogP contribution in [0, 0.1) is 0 Å². The molecule has 1 aromatic heterocycles. The second-order valence-corrected chi connectivity index (χ2v) is 6.98. The Morgan fingerprint density at radius 2 is 1.93 bits per heavy atom. The molecular formula is C23H32N2O3. The molecule has 0 saturated carbocycles. The molecule has 28 heavy (non-hydrogen) atoms. The molecule has 152 valence electrons. The fourth-order valence-corrected chi connectivity index (χ4v) is 3.10. The fraction of sp³-hybridized carbons (Fsp3) is 0.478. The Balaban J connectivity index is 1.85. The number of benzene rings is 1. The lowest BCUT2D eigenvalue weighted by atomic mass is 10.1. The van der Waals surface area contributed by atoms with E-state index in [1.54, 1.807) is 0 Å². The van der Waals surface area contributed by atoms with Crippen molar-refractivity contribution in [3.05, 3.63) is 54.2 Å². The van der Waals surface area contributed by atoms with E-state index < -0.39 is 5.97 Å². The highest BCUT2D eigenvalue weighted by molar-refractivity contribution is 5.67. The number of hydrogen-bond donors (Lipinski definition) is 1. The van der Waals surface area contributed by atoms with Crippen LogP contribution in [0.3, 0.4) is 0 Å². The molecule has 2 aromatic rings. The van der Waals surface area contributed by atoms with Crippen LogP contribution in [-0.2, 0) is 11.2 Å². The van der Waals surface area contributed by atoms with Crippen molar-refractivity contribution in [2.24, 2.45) is 0 Å². The quantitative estimate of drug-likeness (QED) is 0.467. The van der Waals surface area contributed by atoms with Crippen molar-refractivity contribution in [3.8, 4) is 5.75 Å². The number of aromatic nitrogens is 1. The lowest BCUT2D eigenvalue weighted by Crippen LogP contribution is -2.30. The first-order valence-electron chi connectivity index (χ1n) is 10.3. The molecule has 0 radical (unpaired) electrons. The summed E-state index contributed by atoms with van der Waals surface area (Å²) in [6.45, 7) is 4.54. The minimum atomic E-state index is -0.781. The zero-order chi connectivity index (χ0) is 20.0. The molecule has 5 heteroatoms. The van der Waals surface area contributed by atoms with E-state index in [4.69, 9.17) is 9.84 Å². The summed E-state index contributed by atoms with van der Waals surface area (Å²) < 4.78 is 5.93. The Labute approximate surface area is 168 Å². The Hall–Kier alpha value is -2.56. The first-order valence-corrected chi connectivity index (χ1v) is 10.3. The van der Waals surface area contributed by atoms with Crippen LogP contribution in [0.1, 0.15) is 51.0 Å². The lowest BCUT2D eigenvalue weighted by molar-refractivity contribution is -0.136. The summed E-state index contributed by atoms with van der Waals surface area (Å²) in [5, 5.41) is 8.83. The molecule has 0 spiro atoms. The average molecular weight is 385 g/mol. The summed E-state index contributed by atoms with van der Waals surface area (Å²) in [4.78, 5) is 17.5. The summed E-state index contributed by atoms with van der Waals surface area (Å²) >= 11 is 0. The third-order valence-electron chi connectivity index (χ3n) is 4.66. The third kappa shape index (κ3) is 8.42. The molecule has 0 aliphatic carbocycles. The predicted octanol–water partition coefficient (Wildman–Crippen LogP) is 4.95. The molecule has 0 bridgehead atoms. The van der Waals surface area contributed by atoms with Crippen molar-refractivity contribution in [2.75, 3.05) is 24.6 Å². The minimum absolute atomic E-state index is 0.134. The number of hydrogen-bond acceptors (Lipinski definition) is 4. The van der Waals surface area contributed by atoms with Crippen molar-refractivity contribution in [2.45, 2.75) is 51.9 Å². The summed E-state index contributed by atoms with van der Waals surface area (Å²) in [6.07, 6.45) is 8.71. The van der Waals surface area contributed by atoms with Crippen molar-refractivity contribution >= 4 is 11.8 Å². The SMILES string of the molecule is CCCCCCCN(CCOc1cccc(CCC(=O)O)c1)c1ccccn1. The standard InChI is InChI=1S/C23H32N2O3/c1-2-3-4-5-8-16-25(22-12-6-7-15-24-22)17-18-28-21-11-9-10-20(19-21)13-14-23(26)27/h6-7,9-12,15,19H,2-5,8,13-14,16-18H2,1H3,(H,26,27). The van der Waals surface area contributed by atoms with Gasteiger partial charge in [0, 0.05) is 19.2 Å². The van der Waals surface area contributed by atoms with Gasteiger partial charge in [0.1, 0.15) is 18.2 Å². The van der Waals surface area contributed by atoms with Crippen molar-refractivity contribution in [3.63, 3.8) is 0 Å². The van der Waals surface area contributed by atoms with E-state index in [2.05, 4.69) is 16.8 Å². The van der Waals surface area contributed by atoms with Gasteiger partial charge in [-0.05, 0) is 42.7 Å². The predicted molar refractivity (Wildman–Crippen MR) is 113 cm³/mol. The van der Waals surface area contributed by atoms with E-state index in [1.807, 2.05) is 48.7 Å². The Kier molecular flexibility index (Phi) is 9.91. The van der Waals surface area contributed by atoms with Gasteiger partial charge in [0.2, 0.25) is 0 Å². The number of ether oxygens (including phenoxy) is 1. The first-order chi connectivity index (χ1) is 13.7. The maximum absolute atomic E-state index is 10.7. The number of unbranched alkanes of at least 4 members (excludes halogenated alkanes) is 4. The van der Waals surface area contributed by atoms with Crippen molar-refractivity contribution in [1.29, 1.82) is 0 Å². The molecule has 0 saturated heterocycles. The topological polar surface area (TPSA) is 62.7 Å². The summed E-state index contributed by atoms with van der Waals surface area (Å²) in [5.41, 5.74) is 0.984. The first kappa shape index (κ1) is 21.7. The number of aliphatic carboxylic acids is 1. The Morgan fingerprint density at radius 1 is 1.07 bits per heavy atom. The van der Waals surface area contributed by atoms with Gasteiger partial charge in [0.05, 0.1) is 6.54 Å². The summed E-state index contributed by atoms with van der Waals surface area (Å²) in [5.74, 6) is 0.986. The van der Waals surface area contributed by atoms with Crippen LogP contribution in [-0.4, -0.2) is 35.8 Å². The molecule has 1 aromatic carbocycles. The van der Waals surface area contributed by atoms with Gasteiger partial charge in [0.25, 0.3) is 0 Å². The van der Waals surface area contributed by atoms with Gasteiger partial charge >= 0.3 is 5.97 Å². The van der Waals surface area contributed by atoms with E-state index in [0.29, 0.717) is 13.0 Å². The van der Waals surface area contributed by atoms with Gasteiger partial charge in [-0.25, -0.2) is 4.98 Å². The number of nitrogens with zero attached hydrogens (tertiary/aromatic N) is 2. The van der Waals surface area contributed by atoms with E-state index in [-0.39, 0.29) is 6.42 Å².